The van der Waals surface area contributed by atoms with Crippen molar-refractivity contribution in [3.05, 3.63) is 33.7 Å². The number of fused-ring (bicyclic) bond motifs is 4. The summed E-state index contributed by atoms with van der Waals surface area (Å²) in [6.07, 6.45) is 0.980. The molecule has 0 spiro atoms. The third kappa shape index (κ3) is 1.65. The molecular formula is C14H14N3O2S+. The third-order valence-corrected chi connectivity index (χ3v) is 5.00. The van der Waals surface area contributed by atoms with E-state index in [0.29, 0.717) is 10.2 Å². The second-order valence-corrected chi connectivity index (χ2v) is 6.40. The van der Waals surface area contributed by atoms with E-state index in [1.165, 1.54) is 27.9 Å². The van der Waals surface area contributed by atoms with Gasteiger partial charge in [0.2, 0.25) is 0 Å². The van der Waals surface area contributed by atoms with Gasteiger partial charge in [0.1, 0.15) is 17.1 Å². The van der Waals surface area contributed by atoms with Crippen LogP contribution in [0.1, 0.15) is 11.3 Å². The molecule has 3 aromatic rings. The standard InChI is InChI=1S/C14H13N3O2S/c1-17-3-2-9-7(6-17)4-8-12-13(20-14(8)15-9)10(18)5-11(19)16-12/h4-5H,2-3,6H2,1H3,(H2,16,18,19)/p+1. The quantitative estimate of drug-likeness (QED) is 0.561. The Bertz CT molecular complexity index is 897. The molecule has 3 aromatic heterocycles. The monoisotopic (exact) mass is 288 g/mol. The number of rotatable bonds is 0. The molecule has 1 aliphatic heterocycles. The number of aromatic hydroxyl groups is 1. The summed E-state index contributed by atoms with van der Waals surface area (Å²) in [5, 5.41) is 10.9. The number of hydrogen-bond donors (Lipinski definition) is 3. The van der Waals surface area contributed by atoms with Crippen molar-refractivity contribution in [2.45, 2.75) is 13.0 Å². The average Bonchev–Trinajstić information content (AvgIpc) is 2.75. The van der Waals surface area contributed by atoms with Crippen LogP contribution in [0.3, 0.4) is 0 Å². The molecule has 20 heavy (non-hydrogen) atoms. The van der Waals surface area contributed by atoms with Crippen LogP contribution >= 0.6 is 11.3 Å². The predicted molar refractivity (Wildman–Crippen MR) is 78.6 cm³/mol. The zero-order chi connectivity index (χ0) is 13.9. The lowest BCUT2D eigenvalue weighted by molar-refractivity contribution is -0.895. The Labute approximate surface area is 118 Å². The fourth-order valence-electron chi connectivity index (χ4n) is 2.87. The smallest absolute Gasteiger partial charge is 0.252 e. The Kier molecular flexibility index (Phi) is 2.40. The minimum atomic E-state index is -0.282. The first-order chi connectivity index (χ1) is 9.61. The van der Waals surface area contributed by atoms with Crippen molar-refractivity contribution >= 4 is 31.8 Å². The van der Waals surface area contributed by atoms with Gasteiger partial charge < -0.3 is 15.0 Å². The van der Waals surface area contributed by atoms with Crippen LogP contribution in [0.2, 0.25) is 0 Å². The molecule has 4 heterocycles. The van der Waals surface area contributed by atoms with Crippen LogP contribution in [-0.4, -0.2) is 28.7 Å². The van der Waals surface area contributed by atoms with Crippen LogP contribution in [0.25, 0.3) is 20.4 Å². The zero-order valence-corrected chi connectivity index (χ0v) is 11.8. The van der Waals surface area contributed by atoms with Crippen LogP contribution < -0.4 is 10.5 Å². The Balaban J connectivity index is 2.09. The van der Waals surface area contributed by atoms with Crippen molar-refractivity contribution in [3.8, 4) is 5.75 Å². The first kappa shape index (κ1) is 11.9. The topological polar surface area (TPSA) is 70.4 Å². The van der Waals surface area contributed by atoms with E-state index in [1.54, 1.807) is 0 Å². The van der Waals surface area contributed by atoms with Crippen LogP contribution in [-0.2, 0) is 13.0 Å². The molecule has 3 N–H and O–H groups in total. The van der Waals surface area contributed by atoms with Crippen molar-refractivity contribution in [2.24, 2.45) is 0 Å². The van der Waals surface area contributed by atoms with E-state index in [9.17, 15) is 9.90 Å². The summed E-state index contributed by atoms with van der Waals surface area (Å²) in [4.78, 5) is 21.5. The number of likely N-dealkylation sites (N-methyl/N-ethyl adjacent to an activating group) is 1. The lowest BCUT2D eigenvalue weighted by atomic mass is 10.0. The van der Waals surface area contributed by atoms with E-state index in [4.69, 9.17) is 4.98 Å². The second-order valence-electron chi connectivity index (χ2n) is 5.41. The second kappa shape index (κ2) is 4.04. The van der Waals surface area contributed by atoms with Gasteiger partial charge >= 0.3 is 0 Å². The highest BCUT2D eigenvalue weighted by Gasteiger charge is 2.20. The summed E-state index contributed by atoms with van der Waals surface area (Å²) in [5.41, 5.74) is 2.81. The molecule has 5 nitrogen and oxygen atoms in total. The van der Waals surface area contributed by atoms with Gasteiger partial charge in [-0.25, -0.2) is 4.98 Å². The molecule has 6 heteroatoms. The number of aromatic nitrogens is 2. The molecule has 1 atom stereocenters. The summed E-state index contributed by atoms with van der Waals surface area (Å²) in [5.74, 6) is 0.0347. The maximum Gasteiger partial charge on any atom is 0.252 e. The van der Waals surface area contributed by atoms with Gasteiger partial charge in [-0.05, 0) is 6.07 Å². The number of thiophene rings is 1. The maximum absolute atomic E-state index is 11.6. The van der Waals surface area contributed by atoms with Crippen molar-refractivity contribution in [1.29, 1.82) is 0 Å². The molecule has 4 rings (SSSR count). The highest BCUT2D eigenvalue weighted by Crippen LogP contribution is 2.36. The number of nitrogens with zero attached hydrogens (tertiary/aromatic N) is 1. The Morgan fingerprint density at radius 1 is 1.45 bits per heavy atom. The normalized spacial score (nSPS) is 18.6. The van der Waals surface area contributed by atoms with Crippen molar-refractivity contribution in [3.63, 3.8) is 0 Å². The first-order valence-corrected chi connectivity index (χ1v) is 7.42. The minimum absolute atomic E-state index is 0.0347. The molecule has 0 fully saturated rings. The molecule has 0 aliphatic carbocycles. The number of H-pyrrole nitrogens is 1. The Morgan fingerprint density at radius 2 is 2.30 bits per heavy atom. The summed E-state index contributed by atoms with van der Waals surface area (Å²) in [6, 6.07) is 3.34. The minimum Gasteiger partial charge on any atom is -0.506 e. The number of hydrogen-bond acceptors (Lipinski definition) is 4. The van der Waals surface area contributed by atoms with Crippen molar-refractivity contribution < 1.29 is 10.0 Å². The van der Waals surface area contributed by atoms with Gasteiger partial charge in [0.15, 0.2) is 0 Å². The number of nitrogens with one attached hydrogen (secondary N) is 2. The van der Waals surface area contributed by atoms with Crippen LogP contribution in [0, 0.1) is 0 Å². The molecule has 0 aromatic carbocycles. The van der Waals surface area contributed by atoms with Gasteiger partial charge in [-0.3, -0.25) is 4.79 Å². The molecule has 0 saturated heterocycles. The number of aromatic amines is 1. The number of quaternary nitrogens is 1. The van der Waals surface area contributed by atoms with Gasteiger partial charge in [-0.1, -0.05) is 0 Å². The van der Waals surface area contributed by atoms with E-state index < -0.39 is 0 Å². The SMILES string of the molecule is C[NH+]1CCc2nc3sc4c(O)cc(=O)[nH]c4c3cc2C1. The zero-order valence-electron chi connectivity index (χ0n) is 11.0. The van der Waals surface area contributed by atoms with E-state index in [0.717, 1.165) is 35.4 Å². The molecule has 0 bridgehead atoms. The third-order valence-electron chi connectivity index (χ3n) is 3.88. The maximum atomic E-state index is 11.6. The first-order valence-electron chi connectivity index (χ1n) is 6.60. The van der Waals surface area contributed by atoms with Crippen molar-refractivity contribution in [2.75, 3.05) is 13.6 Å². The molecule has 1 unspecified atom stereocenters. The van der Waals surface area contributed by atoms with E-state index in [1.807, 2.05) is 0 Å². The Hall–Kier alpha value is -1.92. The fourth-order valence-corrected chi connectivity index (χ4v) is 3.92. The predicted octanol–water partition coefficient (Wildman–Crippen LogP) is 0.414. The van der Waals surface area contributed by atoms with Gasteiger partial charge in [0.05, 0.1) is 29.5 Å². The van der Waals surface area contributed by atoms with E-state index >= 15 is 0 Å². The highest BCUT2D eigenvalue weighted by molar-refractivity contribution is 7.25. The summed E-state index contributed by atoms with van der Waals surface area (Å²) < 4.78 is 0.704. The number of pyridine rings is 2. The molecule has 0 amide bonds. The van der Waals surface area contributed by atoms with Crippen LogP contribution in [0.15, 0.2) is 16.9 Å². The van der Waals surface area contributed by atoms with Crippen molar-refractivity contribution in [1.82, 2.24) is 9.97 Å². The summed E-state index contributed by atoms with van der Waals surface area (Å²) >= 11 is 1.43. The lowest BCUT2D eigenvalue weighted by Crippen LogP contribution is -3.08. The fraction of sp³-hybridized carbons (Fsp3) is 0.286. The molecule has 102 valence electrons. The molecule has 0 saturated carbocycles. The van der Waals surface area contributed by atoms with Crippen LogP contribution in [0.4, 0.5) is 0 Å². The molecular weight excluding hydrogens is 274 g/mol. The van der Waals surface area contributed by atoms with Crippen LogP contribution in [0.5, 0.6) is 5.75 Å². The van der Waals surface area contributed by atoms with E-state index in [2.05, 4.69) is 18.1 Å². The lowest BCUT2D eigenvalue weighted by Gasteiger charge is -2.21. The summed E-state index contributed by atoms with van der Waals surface area (Å²) in [7, 11) is 2.17. The summed E-state index contributed by atoms with van der Waals surface area (Å²) in [6.45, 7) is 2.05. The van der Waals surface area contributed by atoms with Gasteiger partial charge in [0, 0.05) is 23.4 Å². The highest BCUT2D eigenvalue weighted by atomic mass is 32.1. The van der Waals surface area contributed by atoms with E-state index in [-0.39, 0.29) is 11.3 Å². The van der Waals surface area contributed by atoms with Gasteiger partial charge in [-0.2, -0.15) is 0 Å². The molecule has 1 aliphatic rings. The largest absolute Gasteiger partial charge is 0.506 e. The average molecular weight is 288 g/mol. The Morgan fingerprint density at radius 3 is 3.15 bits per heavy atom. The van der Waals surface area contributed by atoms with Gasteiger partial charge in [0.25, 0.3) is 5.56 Å². The van der Waals surface area contributed by atoms with Gasteiger partial charge in [-0.15, -0.1) is 11.3 Å². The molecule has 0 radical (unpaired) electrons.